The third-order valence-corrected chi connectivity index (χ3v) is 5.16. The van der Waals surface area contributed by atoms with E-state index in [1.165, 1.54) is 22.3 Å². The number of hydrogen-bond donors (Lipinski definition) is 2. The van der Waals surface area contributed by atoms with E-state index in [0.29, 0.717) is 16.8 Å². The first kappa shape index (κ1) is 17.5. The van der Waals surface area contributed by atoms with Crippen molar-refractivity contribution in [1.82, 2.24) is 4.98 Å². The molecule has 5 rings (SSSR count). The average molecular weight is 386 g/mol. The van der Waals surface area contributed by atoms with Crippen molar-refractivity contribution in [3.05, 3.63) is 83.7 Å². The van der Waals surface area contributed by atoms with Crippen molar-refractivity contribution in [2.24, 2.45) is 0 Å². The first-order valence-electron chi connectivity index (χ1n) is 9.35. The molecule has 0 spiro atoms. The molecule has 1 aliphatic rings. The number of aliphatic hydroxyl groups excluding tert-OH is 1. The Kier molecular flexibility index (Phi) is 4.26. The standard InChI is InChI=1S/C23H18N2O4/c26-12-22-25-20-11-14(9-10-21(20)29-22)24-23(27)28-13-19-17-7-3-1-5-15(17)16-6-2-4-8-18(16)19/h1-11,19,26H,12-13H2,(H,24,27). The van der Waals surface area contributed by atoms with Crippen LogP contribution in [0.2, 0.25) is 0 Å². The first-order valence-corrected chi connectivity index (χ1v) is 9.35. The molecule has 1 aliphatic carbocycles. The molecule has 0 aliphatic heterocycles. The molecule has 144 valence electrons. The smallest absolute Gasteiger partial charge is 0.411 e. The predicted molar refractivity (Wildman–Crippen MR) is 109 cm³/mol. The van der Waals surface area contributed by atoms with E-state index in [1.807, 2.05) is 24.3 Å². The van der Waals surface area contributed by atoms with E-state index in [0.717, 1.165) is 0 Å². The van der Waals surface area contributed by atoms with Gasteiger partial charge in [0.15, 0.2) is 5.58 Å². The number of carbonyl (C=O) groups excluding carboxylic acids is 1. The Balaban J connectivity index is 1.31. The van der Waals surface area contributed by atoms with Gasteiger partial charge in [-0.1, -0.05) is 48.5 Å². The van der Waals surface area contributed by atoms with Crippen LogP contribution in [0.3, 0.4) is 0 Å². The Morgan fingerprint density at radius 2 is 1.72 bits per heavy atom. The zero-order valence-electron chi connectivity index (χ0n) is 15.5. The maximum atomic E-state index is 12.4. The lowest BCUT2D eigenvalue weighted by Gasteiger charge is -2.14. The molecule has 3 aromatic carbocycles. The third-order valence-electron chi connectivity index (χ3n) is 5.16. The minimum atomic E-state index is -0.530. The lowest BCUT2D eigenvalue weighted by molar-refractivity contribution is 0.158. The monoisotopic (exact) mass is 386 g/mol. The van der Waals surface area contributed by atoms with E-state index in [2.05, 4.69) is 34.6 Å². The molecule has 0 saturated heterocycles. The number of aliphatic hydroxyl groups is 1. The number of rotatable bonds is 4. The lowest BCUT2D eigenvalue weighted by atomic mass is 9.98. The molecular weight excluding hydrogens is 368 g/mol. The zero-order valence-corrected chi connectivity index (χ0v) is 15.5. The highest BCUT2D eigenvalue weighted by atomic mass is 16.5. The highest BCUT2D eigenvalue weighted by molar-refractivity contribution is 5.88. The molecule has 0 atom stereocenters. The van der Waals surface area contributed by atoms with Crippen molar-refractivity contribution < 1.29 is 19.1 Å². The fourth-order valence-electron chi connectivity index (χ4n) is 3.87. The summed E-state index contributed by atoms with van der Waals surface area (Å²) < 4.78 is 10.9. The van der Waals surface area contributed by atoms with E-state index >= 15 is 0 Å². The number of hydrogen-bond acceptors (Lipinski definition) is 5. The van der Waals surface area contributed by atoms with Gasteiger partial charge in [-0.3, -0.25) is 5.32 Å². The first-order chi connectivity index (χ1) is 14.2. The van der Waals surface area contributed by atoms with Crippen LogP contribution in [0.1, 0.15) is 22.9 Å². The Labute approximate surface area is 166 Å². The van der Waals surface area contributed by atoms with Gasteiger partial charge in [-0.25, -0.2) is 9.78 Å². The topological polar surface area (TPSA) is 84.6 Å². The van der Waals surface area contributed by atoms with Crippen LogP contribution in [0, 0.1) is 0 Å². The number of nitrogens with one attached hydrogen (secondary N) is 1. The van der Waals surface area contributed by atoms with Crippen LogP contribution in [-0.2, 0) is 11.3 Å². The van der Waals surface area contributed by atoms with Gasteiger partial charge in [-0.15, -0.1) is 0 Å². The molecule has 0 unspecified atom stereocenters. The summed E-state index contributed by atoms with van der Waals surface area (Å²) in [6.45, 7) is -0.0233. The largest absolute Gasteiger partial charge is 0.448 e. The van der Waals surface area contributed by atoms with Gasteiger partial charge in [0.1, 0.15) is 18.7 Å². The van der Waals surface area contributed by atoms with Crippen molar-refractivity contribution in [3.8, 4) is 11.1 Å². The average Bonchev–Trinajstić information content (AvgIpc) is 3.31. The second kappa shape index (κ2) is 7.07. The van der Waals surface area contributed by atoms with Crippen LogP contribution in [0.4, 0.5) is 10.5 Å². The van der Waals surface area contributed by atoms with Gasteiger partial charge in [0.05, 0.1) is 0 Å². The van der Waals surface area contributed by atoms with Crippen molar-refractivity contribution in [1.29, 1.82) is 0 Å². The number of fused-ring (bicyclic) bond motifs is 4. The molecule has 6 nitrogen and oxygen atoms in total. The van der Waals surface area contributed by atoms with Crippen LogP contribution < -0.4 is 5.32 Å². The molecule has 2 N–H and O–H groups in total. The number of ether oxygens (including phenoxy) is 1. The molecule has 0 radical (unpaired) electrons. The summed E-state index contributed by atoms with van der Waals surface area (Å²) in [6, 6.07) is 21.5. The molecule has 6 heteroatoms. The number of nitrogens with zero attached hydrogens (tertiary/aromatic N) is 1. The minimum Gasteiger partial charge on any atom is -0.448 e. The van der Waals surface area contributed by atoms with Crippen LogP contribution in [-0.4, -0.2) is 22.8 Å². The summed E-state index contributed by atoms with van der Waals surface area (Å²) in [4.78, 5) is 16.5. The molecular formula is C23H18N2O4. The van der Waals surface area contributed by atoms with Gasteiger partial charge in [0, 0.05) is 11.6 Å². The normalized spacial score (nSPS) is 12.6. The number of carbonyl (C=O) groups is 1. The van der Waals surface area contributed by atoms with Crippen LogP contribution >= 0.6 is 0 Å². The Hall–Kier alpha value is -3.64. The van der Waals surface area contributed by atoms with Crippen LogP contribution in [0.15, 0.2) is 71.1 Å². The summed E-state index contributed by atoms with van der Waals surface area (Å²) in [5.74, 6) is 0.247. The number of benzene rings is 3. The van der Waals surface area contributed by atoms with Crippen molar-refractivity contribution in [2.75, 3.05) is 11.9 Å². The fraction of sp³-hybridized carbons (Fsp3) is 0.130. The molecule has 4 aromatic rings. The second-order valence-electron chi connectivity index (χ2n) is 6.90. The summed E-state index contributed by atoms with van der Waals surface area (Å²) in [7, 11) is 0. The molecule has 1 heterocycles. The van der Waals surface area contributed by atoms with Crippen molar-refractivity contribution >= 4 is 22.9 Å². The Morgan fingerprint density at radius 1 is 1.03 bits per heavy atom. The number of anilines is 1. The minimum absolute atomic E-state index is 0.0123. The lowest BCUT2D eigenvalue weighted by Crippen LogP contribution is -2.17. The molecule has 1 amide bonds. The SMILES string of the molecule is O=C(Nc1ccc2oc(CO)nc2c1)OCC1c2ccccc2-c2ccccc21. The van der Waals surface area contributed by atoms with E-state index in [-0.39, 0.29) is 25.0 Å². The van der Waals surface area contributed by atoms with Crippen molar-refractivity contribution in [2.45, 2.75) is 12.5 Å². The maximum Gasteiger partial charge on any atom is 0.411 e. The highest BCUT2D eigenvalue weighted by Crippen LogP contribution is 2.44. The van der Waals surface area contributed by atoms with Crippen LogP contribution in [0.25, 0.3) is 22.2 Å². The highest BCUT2D eigenvalue weighted by Gasteiger charge is 2.29. The Bertz CT molecular complexity index is 1170. The van der Waals surface area contributed by atoms with E-state index in [9.17, 15) is 4.79 Å². The molecule has 0 bridgehead atoms. The maximum absolute atomic E-state index is 12.4. The number of oxazole rings is 1. The molecule has 1 aromatic heterocycles. The summed E-state index contributed by atoms with van der Waals surface area (Å²) >= 11 is 0. The van der Waals surface area contributed by atoms with Gasteiger partial charge >= 0.3 is 6.09 Å². The van der Waals surface area contributed by atoms with E-state index in [4.69, 9.17) is 14.3 Å². The second-order valence-corrected chi connectivity index (χ2v) is 6.90. The third kappa shape index (κ3) is 3.13. The van der Waals surface area contributed by atoms with Gasteiger partial charge in [0.2, 0.25) is 5.89 Å². The van der Waals surface area contributed by atoms with E-state index in [1.54, 1.807) is 18.2 Å². The predicted octanol–water partition coefficient (Wildman–Crippen LogP) is 4.68. The van der Waals surface area contributed by atoms with E-state index < -0.39 is 6.09 Å². The zero-order chi connectivity index (χ0) is 19.8. The fourth-order valence-corrected chi connectivity index (χ4v) is 3.87. The molecule has 0 fully saturated rings. The van der Waals surface area contributed by atoms with Gasteiger partial charge in [-0.2, -0.15) is 0 Å². The molecule has 0 saturated carbocycles. The summed E-state index contributed by atoms with van der Waals surface area (Å²) in [5, 5.41) is 11.8. The van der Waals surface area contributed by atoms with Gasteiger partial charge in [0.25, 0.3) is 0 Å². The van der Waals surface area contributed by atoms with Crippen molar-refractivity contribution in [3.63, 3.8) is 0 Å². The number of aromatic nitrogens is 1. The van der Waals surface area contributed by atoms with Gasteiger partial charge < -0.3 is 14.3 Å². The summed E-state index contributed by atoms with van der Waals surface area (Å²) in [5.41, 5.74) is 6.37. The summed E-state index contributed by atoms with van der Waals surface area (Å²) in [6.07, 6.45) is -0.530. The Morgan fingerprint density at radius 3 is 2.41 bits per heavy atom. The quantitative estimate of drug-likeness (QED) is 0.532. The number of amides is 1. The van der Waals surface area contributed by atoms with Crippen LogP contribution in [0.5, 0.6) is 0 Å². The van der Waals surface area contributed by atoms with Gasteiger partial charge in [-0.05, 0) is 40.5 Å². The molecule has 29 heavy (non-hydrogen) atoms.